The Morgan fingerprint density at radius 3 is 2.37 bits per heavy atom. The summed E-state index contributed by atoms with van der Waals surface area (Å²) in [4.78, 5) is 71.1. The summed E-state index contributed by atoms with van der Waals surface area (Å²) in [5.74, 6) is -5.14. The number of nitrogens with zero attached hydrogens (tertiary/aromatic N) is 5. The number of aliphatic hydroxyl groups is 2. The van der Waals surface area contributed by atoms with Gasteiger partial charge in [0.1, 0.15) is 40.4 Å². The highest BCUT2D eigenvalue weighted by atomic mass is 16.7. The van der Waals surface area contributed by atoms with Crippen molar-refractivity contribution >= 4 is 40.0 Å². The van der Waals surface area contributed by atoms with E-state index < -0.39 is 65.5 Å². The van der Waals surface area contributed by atoms with E-state index in [1.165, 1.54) is 24.8 Å². The predicted octanol–water partition coefficient (Wildman–Crippen LogP) is 5.10. The van der Waals surface area contributed by atoms with Gasteiger partial charge in [0, 0.05) is 101 Å². The van der Waals surface area contributed by atoms with E-state index in [-0.39, 0.29) is 81.3 Å². The number of ether oxygens (including phenoxy) is 3. The van der Waals surface area contributed by atoms with Crippen LogP contribution in [0, 0.1) is 18.8 Å². The molecule has 6 aliphatic heterocycles. The molecule has 380 valence electrons. The minimum Gasteiger partial charge on any atom is -0.507 e. The zero-order chi connectivity index (χ0) is 50.8. The first kappa shape index (κ1) is 51.2. The SMILES string of the molecule is C/C1=C/C=C/C(C)[C@H](O)CC(O)C[C@H](OC(=O)CC(=O)N2CCN(Cc3ccccc3)CC2)CC/C=C/OC2(C)Oc3c(C)c(O)c4c(O)c(c5c(c4c3C2=O)NC2(CCN(CC(C)C)CC2)N=5)=NC1=O. The third kappa shape index (κ3) is 11.2. The molecule has 5 bridgehead atoms. The number of Topliss-reactive ketones (excluding diaryl/α,β-unsaturated/α-hetero) is 1. The number of piperazine rings is 1. The fraction of sp³-hybridized carbons (Fsp3) is 0.519. The Kier molecular flexibility index (Phi) is 15.4. The molecule has 0 saturated carbocycles. The molecule has 2 fully saturated rings. The number of hydrogen-bond donors (Lipinski definition) is 5. The Morgan fingerprint density at radius 2 is 1.66 bits per heavy atom. The Balaban J connectivity index is 1.07. The third-order valence-electron chi connectivity index (χ3n) is 14.3. The molecular formula is C54H68N6O11. The number of ketones is 1. The summed E-state index contributed by atoms with van der Waals surface area (Å²) in [6, 6.07) is 10.1. The molecule has 5 N–H and O–H groups in total. The second-order valence-electron chi connectivity index (χ2n) is 20.4. The molecule has 3 unspecified atom stereocenters. The fourth-order valence-electron chi connectivity index (χ4n) is 10.2. The largest absolute Gasteiger partial charge is 0.507 e. The minimum absolute atomic E-state index is 0.0316. The van der Waals surface area contributed by atoms with Gasteiger partial charge in [0.2, 0.25) is 5.91 Å². The Hall–Kier alpha value is -6.14. The first-order valence-corrected chi connectivity index (χ1v) is 24.9. The maximum absolute atomic E-state index is 14.7. The Bertz CT molecular complexity index is 2760. The number of carbonyl (C=O) groups excluding carboxylic acids is 4. The van der Waals surface area contributed by atoms with Crippen LogP contribution in [0.2, 0.25) is 0 Å². The highest BCUT2D eigenvalue weighted by molar-refractivity contribution is 6.21. The molecule has 17 nitrogen and oxygen atoms in total. The van der Waals surface area contributed by atoms with Gasteiger partial charge in [-0.25, -0.2) is 4.99 Å². The lowest BCUT2D eigenvalue weighted by Crippen LogP contribution is -2.48. The van der Waals surface area contributed by atoms with Crippen LogP contribution in [0.3, 0.4) is 0 Å². The number of likely N-dealkylation sites (tertiary alicyclic amines) is 1. The second kappa shape index (κ2) is 21.3. The summed E-state index contributed by atoms with van der Waals surface area (Å²) in [6.45, 7) is 16.1. The molecule has 6 aliphatic rings. The lowest BCUT2D eigenvalue weighted by atomic mass is 9.92. The van der Waals surface area contributed by atoms with Crippen molar-refractivity contribution in [2.45, 2.75) is 123 Å². The Labute approximate surface area is 414 Å². The third-order valence-corrected chi connectivity index (χ3v) is 14.3. The van der Waals surface area contributed by atoms with Crippen LogP contribution in [-0.2, 0) is 30.4 Å². The molecule has 3 aromatic rings. The number of amides is 2. The van der Waals surface area contributed by atoms with Crippen LogP contribution >= 0.6 is 0 Å². The van der Waals surface area contributed by atoms with Gasteiger partial charge in [-0.15, -0.1) is 0 Å². The fourth-order valence-corrected chi connectivity index (χ4v) is 10.2. The summed E-state index contributed by atoms with van der Waals surface area (Å²) in [5, 5.41) is 50.0. The number of carbonyl (C=O) groups is 4. The lowest BCUT2D eigenvalue weighted by Gasteiger charge is -2.38. The number of fused-ring (bicyclic) bond motifs is 13. The van der Waals surface area contributed by atoms with E-state index in [2.05, 4.69) is 46.1 Å². The molecule has 1 spiro atoms. The van der Waals surface area contributed by atoms with Gasteiger partial charge >= 0.3 is 11.8 Å². The van der Waals surface area contributed by atoms with Crippen molar-refractivity contribution in [3.8, 4) is 17.2 Å². The van der Waals surface area contributed by atoms with E-state index in [1.54, 1.807) is 43.9 Å². The number of aromatic hydroxyl groups is 2. The average molecular weight is 977 g/mol. The van der Waals surface area contributed by atoms with Crippen LogP contribution in [0.4, 0.5) is 5.69 Å². The van der Waals surface area contributed by atoms with E-state index in [1.807, 2.05) is 18.2 Å². The van der Waals surface area contributed by atoms with Crippen molar-refractivity contribution in [1.29, 1.82) is 0 Å². The van der Waals surface area contributed by atoms with Gasteiger partial charge in [-0.3, -0.25) is 29.1 Å². The van der Waals surface area contributed by atoms with Gasteiger partial charge in [0.05, 0.1) is 35.1 Å². The number of hydrogen-bond acceptors (Lipinski definition) is 15. The van der Waals surface area contributed by atoms with Crippen molar-refractivity contribution in [2.24, 2.45) is 21.8 Å². The zero-order valence-corrected chi connectivity index (χ0v) is 41.6. The van der Waals surface area contributed by atoms with Crippen LogP contribution in [0.5, 0.6) is 17.2 Å². The number of phenols is 2. The van der Waals surface area contributed by atoms with Crippen molar-refractivity contribution in [3.63, 3.8) is 0 Å². The van der Waals surface area contributed by atoms with Crippen molar-refractivity contribution in [2.75, 3.05) is 51.1 Å². The van der Waals surface area contributed by atoms with Crippen LogP contribution in [0.15, 0.2) is 76.5 Å². The van der Waals surface area contributed by atoms with E-state index in [9.17, 15) is 39.6 Å². The number of allylic oxidation sites excluding steroid dienone is 3. The van der Waals surface area contributed by atoms with E-state index >= 15 is 0 Å². The van der Waals surface area contributed by atoms with Gasteiger partial charge in [-0.05, 0) is 50.7 Å². The molecule has 2 amide bonds. The molecule has 6 heterocycles. The summed E-state index contributed by atoms with van der Waals surface area (Å²) in [5.41, 5.74) is 1.07. The summed E-state index contributed by atoms with van der Waals surface area (Å²) >= 11 is 0. The summed E-state index contributed by atoms with van der Waals surface area (Å²) < 4.78 is 18.2. The lowest BCUT2D eigenvalue weighted by molar-refractivity contribution is -0.155. The van der Waals surface area contributed by atoms with Gasteiger partial charge < -0.3 is 49.8 Å². The molecule has 2 saturated heterocycles. The normalized spacial score (nSPS) is 27.0. The zero-order valence-electron chi connectivity index (χ0n) is 41.6. The average Bonchev–Trinajstić information content (AvgIpc) is 3.83. The number of phenolic OH excluding ortho intramolecular Hbond substituents is 2. The number of esters is 1. The second-order valence-corrected chi connectivity index (χ2v) is 20.4. The molecule has 0 aromatic heterocycles. The molecule has 0 aliphatic carbocycles. The van der Waals surface area contributed by atoms with Gasteiger partial charge in [0.25, 0.3) is 11.7 Å². The molecular weight excluding hydrogens is 909 g/mol. The number of benzene rings is 3. The molecule has 5 atom stereocenters. The first-order chi connectivity index (χ1) is 33.8. The smallest absolute Gasteiger partial charge is 0.315 e. The molecule has 71 heavy (non-hydrogen) atoms. The van der Waals surface area contributed by atoms with Crippen molar-refractivity contribution < 1.29 is 53.8 Å². The number of rotatable bonds is 7. The van der Waals surface area contributed by atoms with Crippen LogP contribution in [0.25, 0.3) is 10.8 Å². The number of piperidine rings is 1. The molecule has 9 rings (SSSR count). The van der Waals surface area contributed by atoms with Crippen LogP contribution in [-0.4, -0.2) is 134 Å². The van der Waals surface area contributed by atoms with Crippen molar-refractivity contribution in [1.82, 2.24) is 14.7 Å². The first-order valence-electron chi connectivity index (χ1n) is 24.9. The van der Waals surface area contributed by atoms with Gasteiger partial charge in [-0.1, -0.05) is 69.3 Å². The van der Waals surface area contributed by atoms with Crippen molar-refractivity contribution in [3.05, 3.63) is 93.9 Å². The quantitative estimate of drug-likeness (QED) is 0.118. The van der Waals surface area contributed by atoms with Crippen LogP contribution < -0.4 is 20.8 Å². The molecule has 17 heteroatoms. The van der Waals surface area contributed by atoms with E-state index in [0.717, 1.165) is 26.2 Å². The van der Waals surface area contributed by atoms with Gasteiger partial charge in [0.15, 0.2) is 5.75 Å². The summed E-state index contributed by atoms with van der Waals surface area (Å²) in [7, 11) is 0. The highest BCUT2D eigenvalue weighted by Crippen LogP contribution is 2.51. The Morgan fingerprint density at radius 1 is 0.944 bits per heavy atom. The monoisotopic (exact) mass is 976 g/mol. The van der Waals surface area contributed by atoms with E-state index in [0.29, 0.717) is 50.6 Å². The summed E-state index contributed by atoms with van der Waals surface area (Å²) in [6.07, 6.45) is 5.85. The number of anilines is 1. The number of aliphatic hydroxyl groups excluding tert-OH is 2. The standard InChI is InChI=1S/C54H68N6O11/c1-32(2)30-58-20-18-54(19-21-58)56-45-42-43-48(65)35(5)50-44(42)51(67)53(6,71-50)69-26-11-10-17-38(70-41(64)29-40(63)60-24-22-59(23-25-60)31-36-15-8-7-9-16-36)27-37(61)28-39(62)33(3)13-12-14-34(4)52(68)55-47(49(43)66)46(45)57-54/h7-9,11-16,26,32-33,37-39,56,61-62,65-66H,10,17-25,27-31H2,1-6H3/b13-12+,26-11+,34-14-,55-47?/t33?,37?,38-,39-,53?/m1/s1. The number of nitrogens with one attached hydrogen (secondary N) is 1. The van der Waals surface area contributed by atoms with E-state index in [4.69, 9.17) is 19.2 Å². The molecule has 0 radical (unpaired) electrons. The minimum atomic E-state index is -1.92. The highest BCUT2D eigenvalue weighted by Gasteiger charge is 2.50. The maximum Gasteiger partial charge on any atom is 0.315 e. The van der Waals surface area contributed by atoms with Gasteiger partial charge in [-0.2, -0.15) is 0 Å². The topological polar surface area (TPSA) is 223 Å². The predicted molar refractivity (Wildman–Crippen MR) is 265 cm³/mol. The molecule has 3 aromatic carbocycles. The van der Waals surface area contributed by atoms with Crippen LogP contribution in [0.1, 0.15) is 101 Å². The maximum atomic E-state index is 14.7.